The normalized spacial score (nSPS) is 10.1. The number of methoxy groups -OCH3 is 1. The van der Waals surface area contributed by atoms with Crippen molar-refractivity contribution in [2.75, 3.05) is 20.3 Å². The summed E-state index contributed by atoms with van der Waals surface area (Å²) in [5, 5.41) is 8.95. The maximum Gasteiger partial charge on any atom is 0.164 e. The Hall–Kier alpha value is -1.22. The summed E-state index contributed by atoms with van der Waals surface area (Å²) in [5.74, 6) is 1.49. The van der Waals surface area contributed by atoms with E-state index < -0.39 is 0 Å². The quantitative estimate of drug-likeness (QED) is 0.807. The summed E-state index contributed by atoms with van der Waals surface area (Å²) < 4.78 is 10.8. The molecule has 0 aliphatic rings. The van der Waals surface area contributed by atoms with Gasteiger partial charge >= 0.3 is 0 Å². The van der Waals surface area contributed by atoms with Crippen molar-refractivity contribution in [1.29, 1.82) is 0 Å². The van der Waals surface area contributed by atoms with E-state index in [4.69, 9.17) is 14.6 Å². The summed E-state index contributed by atoms with van der Waals surface area (Å²) in [7, 11) is 1.62. The number of aryl methyl sites for hydroxylation is 1. The van der Waals surface area contributed by atoms with Crippen LogP contribution in [0.2, 0.25) is 0 Å². The van der Waals surface area contributed by atoms with Gasteiger partial charge in [0.1, 0.15) is 0 Å². The Morgan fingerprint density at radius 3 is 2.60 bits per heavy atom. The van der Waals surface area contributed by atoms with Gasteiger partial charge in [0.05, 0.1) is 13.7 Å². The molecule has 0 fully saturated rings. The highest BCUT2D eigenvalue weighted by atomic mass is 16.5. The zero-order valence-corrected chi connectivity index (χ0v) is 9.54. The molecule has 0 spiro atoms. The molecule has 84 valence electrons. The Morgan fingerprint density at radius 2 is 2.07 bits per heavy atom. The van der Waals surface area contributed by atoms with Gasteiger partial charge in [-0.15, -0.1) is 0 Å². The van der Waals surface area contributed by atoms with Gasteiger partial charge < -0.3 is 14.6 Å². The van der Waals surface area contributed by atoms with E-state index in [1.807, 2.05) is 26.0 Å². The van der Waals surface area contributed by atoms with Crippen LogP contribution in [0.5, 0.6) is 11.5 Å². The second kappa shape index (κ2) is 5.61. The first kappa shape index (κ1) is 11.9. The first-order valence-corrected chi connectivity index (χ1v) is 5.14. The summed E-state index contributed by atoms with van der Waals surface area (Å²) in [6.45, 7) is 4.67. The summed E-state index contributed by atoms with van der Waals surface area (Å²) in [6.07, 6.45) is 0.588. The van der Waals surface area contributed by atoms with Crippen LogP contribution in [0.1, 0.15) is 18.1 Å². The Bertz CT molecular complexity index is 294. The molecule has 0 saturated heterocycles. The topological polar surface area (TPSA) is 38.7 Å². The smallest absolute Gasteiger partial charge is 0.164 e. The monoisotopic (exact) mass is 210 g/mol. The van der Waals surface area contributed by atoms with Gasteiger partial charge in [-0.25, -0.2) is 0 Å². The molecule has 1 rings (SSSR count). The minimum Gasteiger partial charge on any atom is -0.493 e. The summed E-state index contributed by atoms with van der Waals surface area (Å²) in [4.78, 5) is 0. The molecule has 0 amide bonds. The molecule has 0 heterocycles. The lowest BCUT2D eigenvalue weighted by Gasteiger charge is -2.14. The second-order valence-electron chi connectivity index (χ2n) is 3.36. The number of aliphatic hydroxyl groups excluding tert-OH is 1. The average molecular weight is 210 g/mol. The third kappa shape index (κ3) is 2.86. The number of rotatable bonds is 5. The molecular weight excluding hydrogens is 192 g/mol. The maximum atomic E-state index is 8.95. The van der Waals surface area contributed by atoms with Gasteiger partial charge in [0.15, 0.2) is 11.5 Å². The van der Waals surface area contributed by atoms with Crippen molar-refractivity contribution in [3.05, 3.63) is 23.3 Å². The molecule has 15 heavy (non-hydrogen) atoms. The van der Waals surface area contributed by atoms with E-state index in [1.54, 1.807) is 7.11 Å². The van der Waals surface area contributed by atoms with Gasteiger partial charge in [-0.2, -0.15) is 0 Å². The standard InChI is InChI=1S/C12H18O3/c1-4-15-11-8-9(2)7-10(5-6-13)12(11)14-3/h7-8,13H,4-6H2,1-3H3. The number of aliphatic hydroxyl groups is 1. The van der Waals surface area contributed by atoms with Crippen molar-refractivity contribution in [3.63, 3.8) is 0 Å². The lowest BCUT2D eigenvalue weighted by Crippen LogP contribution is -2.01. The van der Waals surface area contributed by atoms with Crippen LogP contribution in [0.3, 0.4) is 0 Å². The van der Waals surface area contributed by atoms with Crippen LogP contribution < -0.4 is 9.47 Å². The van der Waals surface area contributed by atoms with Crippen LogP contribution >= 0.6 is 0 Å². The number of hydrogen-bond donors (Lipinski definition) is 1. The van der Waals surface area contributed by atoms with Crippen molar-refractivity contribution in [2.45, 2.75) is 20.3 Å². The van der Waals surface area contributed by atoms with Gasteiger partial charge in [-0.1, -0.05) is 6.07 Å². The Kier molecular flexibility index (Phi) is 4.43. The van der Waals surface area contributed by atoms with E-state index in [-0.39, 0.29) is 6.61 Å². The first-order valence-electron chi connectivity index (χ1n) is 5.14. The fourth-order valence-corrected chi connectivity index (χ4v) is 1.61. The number of hydrogen-bond acceptors (Lipinski definition) is 3. The molecule has 1 N–H and O–H groups in total. The molecule has 0 radical (unpaired) electrons. The predicted octanol–water partition coefficient (Wildman–Crippen LogP) is 1.94. The molecule has 0 bridgehead atoms. The van der Waals surface area contributed by atoms with E-state index in [2.05, 4.69) is 0 Å². The molecule has 0 aliphatic carbocycles. The van der Waals surface area contributed by atoms with Crippen LogP contribution in [-0.2, 0) is 6.42 Å². The highest BCUT2D eigenvalue weighted by molar-refractivity contribution is 5.49. The second-order valence-corrected chi connectivity index (χ2v) is 3.36. The third-order valence-corrected chi connectivity index (χ3v) is 2.16. The lowest BCUT2D eigenvalue weighted by atomic mass is 10.1. The van der Waals surface area contributed by atoms with E-state index in [0.29, 0.717) is 13.0 Å². The van der Waals surface area contributed by atoms with Crippen molar-refractivity contribution < 1.29 is 14.6 Å². The lowest BCUT2D eigenvalue weighted by molar-refractivity contribution is 0.290. The van der Waals surface area contributed by atoms with Gasteiger partial charge in [-0.3, -0.25) is 0 Å². The largest absolute Gasteiger partial charge is 0.493 e. The minimum absolute atomic E-state index is 0.116. The SMILES string of the molecule is CCOc1cc(C)cc(CCO)c1OC. The fraction of sp³-hybridized carbons (Fsp3) is 0.500. The Labute approximate surface area is 90.6 Å². The van der Waals surface area contributed by atoms with E-state index in [1.165, 1.54) is 0 Å². The molecule has 0 saturated carbocycles. The van der Waals surface area contributed by atoms with Crippen LogP contribution in [0.15, 0.2) is 12.1 Å². The van der Waals surface area contributed by atoms with Crippen LogP contribution in [0.25, 0.3) is 0 Å². The first-order chi connectivity index (χ1) is 7.22. The molecule has 3 heteroatoms. The zero-order chi connectivity index (χ0) is 11.3. The summed E-state index contributed by atoms with van der Waals surface area (Å²) in [6, 6.07) is 3.96. The number of benzene rings is 1. The molecule has 0 atom stereocenters. The summed E-state index contributed by atoms with van der Waals surface area (Å²) >= 11 is 0. The molecule has 0 aliphatic heterocycles. The van der Waals surface area contributed by atoms with Gasteiger partial charge in [0, 0.05) is 12.2 Å². The molecule has 0 aromatic heterocycles. The van der Waals surface area contributed by atoms with Crippen LogP contribution in [0.4, 0.5) is 0 Å². The fourth-order valence-electron chi connectivity index (χ4n) is 1.61. The maximum absolute atomic E-state index is 8.95. The zero-order valence-electron chi connectivity index (χ0n) is 9.54. The molecule has 1 aromatic rings. The van der Waals surface area contributed by atoms with E-state index >= 15 is 0 Å². The minimum atomic E-state index is 0.116. The van der Waals surface area contributed by atoms with Crippen molar-refractivity contribution >= 4 is 0 Å². The van der Waals surface area contributed by atoms with E-state index in [9.17, 15) is 0 Å². The Morgan fingerprint density at radius 1 is 1.33 bits per heavy atom. The molecule has 3 nitrogen and oxygen atoms in total. The highest BCUT2D eigenvalue weighted by Gasteiger charge is 2.10. The van der Waals surface area contributed by atoms with Crippen molar-refractivity contribution in [2.24, 2.45) is 0 Å². The third-order valence-electron chi connectivity index (χ3n) is 2.16. The van der Waals surface area contributed by atoms with Gasteiger partial charge in [-0.05, 0) is 31.9 Å². The van der Waals surface area contributed by atoms with Crippen LogP contribution in [0, 0.1) is 6.92 Å². The average Bonchev–Trinajstić information content (AvgIpc) is 2.18. The van der Waals surface area contributed by atoms with E-state index in [0.717, 1.165) is 22.6 Å². The molecule has 0 unspecified atom stereocenters. The predicted molar refractivity (Wildman–Crippen MR) is 59.7 cm³/mol. The van der Waals surface area contributed by atoms with Crippen molar-refractivity contribution in [3.8, 4) is 11.5 Å². The van der Waals surface area contributed by atoms with Crippen LogP contribution in [-0.4, -0.2) is 25.4 Å². The summed E-state index contributed by atoms with van der Waals surface area (Å²) in [5.41, 5.74) is 2.10. The van der Waals surface area contributed by atoms with Crippen molar-refractivity contribution in [1.82, 2.24) is 0 Å². The molecule has 1 aromatic carbocycles. The number of ether oxygens (including phenoxy) is 2. The molecular formula is C12H18O3. The Balaban J connectivity index is 3.12. The van der Waals surface area contributed by atoms with Gasteiger partial charge in [0.2, 0.25) is 0 Å². The highest BCUT2D eigenvalue weighted by Crippen LogP contribution is 2.32. The van der Waals surface area contributed by atoms with Gasteiger partial charge in [0.25, 0.3) is 0 Å².